The van der Waals surface area contributed by atoms with Crippen molar-refractivity contribution in [3.05, 3.63) is 39.0 Å². The predicted octanol–water partition coefficient (Wildman–Crippen LogP) is 3.75. The van der Waals surface area contributed by atoms with E-state index in [1.54, 1.807) is 11.3 Å². The molecule has 76 valence electrons. The molecular formula is C12H10ClNS. The molecule has 0 bridgehead atoms. The number of aryl methyl sites for hydroxylation is 2. The van der Waals surface area contributed by atoms with Crippen LogP contribution in [0.5, 0.6) is 0 Å². The van der Waals surface area contributed by atoms with Gasteiger partial charge in [0.15, 0.2) is 0 Å². The average Bonchev–Trinajstić information content (AvgIpc) is 2.55. The van der Waals surface area contributed by atoms with Crippen molar-refractivity contribution < 1.29 is 0 Å². The van der Waals surface area contributed by atoms with Crippen molar-refractivity contribution in [2.24, 2.45) is 0 Å². The molecule has 1 aromatic carbocycles. The molecule has 1 aromatic heterocycles. The third-order valence-corrected chi connectivity index (χ3v) is 4.37. The monoisotopic (exact) mass is 235 g/mol. The van der Waals surface area contributed by atoms with E-state index in [4.69, 9.17) is 17.3 Å². The summed E-state index contributed by atoms with van der Waals surface area (Å²) < 4.78 is 0.733. The predicted molar refractivity (Wildman–Crippen MR) is 66.6 cm³/mol. The van der Waals surface area contributed by atoms with Gasteiger partial charge in [0.2, 0.25) is 0 Å². The molecule has 0 spiro atoms. The summed E-state index contributed by atoms with van der Waals surface area (Å²) in [4.78, 5) is 1.33. The van der Waals surface area contributed by atoms with Gasteiger partial charge in [-0.1, -0.05) is 35.9 Å². The summed E-state index contributed by atoms with van der Waals surface area (Å²) in [7, 11) is 0. The fourth-order valence-corrected chi connectivity index (χ4v) is 3.49. The number of nitrogens with two attached hydrogens (primary N) is 1. The maximum atomic E-state index is 6.08. The number of rotatable bonds is 0. The van der Waals surface area contributed by atoms with Crippen LogP contribution < -0.4 is 5.73 Å². The van der Waals surface area contributed by atoms with Crippen LogP contribution in [0, 0.1) is 0 Å². The van der Waals surface area contributed by atoms with E-state index >= 15 is 0 Å². The third-order valence-electron chi connectivity index (χ3n) is 2.88. The number of benzene rings is 1. The minimum Gasteiger partial charge on any atom is -0.396 e. The van der Waals surface area contributed by atoms with Crippen molar-refractivity contribution in [2.45, 2.75) is 12.8 Å². The summed E-state index contributed by atoms with van der Waals surface area (Å²) in [5.41, 5.74) is 10.6. The first-order valence-electron chi connectivity index (χ1n) is 4.92. The Balaban J connectivity index is 2.33. The zero-order chi connectivity index (χ0) is 10.4. The van der Waals surface area contributed by atoms with Gasteiger partial charge in [-0.3, -0.25) is 0 Å². The van der Waals surface area contributed by atoms with Gasteiger partial charge in [-0.25, -0.2) is 0 Å². The maximum absolute atomic E-state index is 6.08. The van der Waals surface area contributed by atoms with E-state index < -0.39 is 0 Å². The van der Waals surface area contributed by atoms with Crippen LogP contribution >= 0.6 is 22.9 Å². The Labute approximate surface area is 97.5 Å². The minimum absolute atomic E-state index is 0.733. The molecule has 3 heteroatoms. The molecule has 0 saturated carbocycles. The largest absolute Gasteiger partial charge is 0.396 e. The van der Waals surface area contributed by atoms with E-state index in [0.29, 0.717) is 0 Å². The summed E-state index contributed by atoms with van der Waals surface area (Å²) in [6.45, 7) is 0. The second kappa shape index (κ2) is 3.26. The molecule has 1 heterocycles. The van der Waals surface area contributed by atoms with Gasteiger partial charge < -0.3 is 5.73 Å². The van der Waals surface area contributed by atoms with Crippen molar-refractivity contribution >= 4 is 28.6 Å². The Hall–Kier alpha value is -0.990. The molecule has 0 fully saturated rings. The Morgan fingerprint density at radius 3 is 2.87 bits per heavy atom. The number of halogens is 1. The summed E-state index contributed by atoms with van der Waals surface area (Å²) in [5.74, 6) is 0. The van der Waals surface area contributed by atoms with Crippen LogP contribution in [-0.2, 0) is 12.8 Å². The van der Waals surface area contributed by atoms with Crippen molar-refractivity contribution in [3.63, 3.8) is 0 Å². The van der Waals surface area contributed by atoms with E-state index in [1.165, 1.54) is 21.6 Å². The van der Waals surface area contributed by atoms with Crippen LogP contribution in [0.3, 0.4) is 0 Å². The molecule has 0 unspecified atom stereocenters. The Kier molecular flexibility index (Phi) is 2.01. The highest BCUT2D eigenvalue weighted by molar-refractivity contribution is 7.17. The molecule has 0 aliphatic heterocycles. The number of anilines is 1. The van der Waals surface area contributed by atoms with E-state index in [0.717, 1.165) is 22.9 Å². The van der Waals surface area contributed by atoms with Crippen LogP contribution in [0.15, 0.2) is 24.3 Å². The van der Waals surface area contributed by atoms with E-state index in [1.807, 2.05) is 0 Å². The second-order valence-corrected chi connectivity index (χ2v) is 5.45. The normalized spacial score (nSPS) is 13.4. The number of hydrogen-bond donors (Lipinski definition) is 1. The van der Waals surface area contributed by atoms with Gasteiger partial charge in [-0.2, -0.15) is 0 Å². The number of thiophene rings is 1. The van der Waals surface area contributed by atoms with Gasteiger partial charge >= 0.3 is 0 Å². The molecule has 0 amide bonds. The van der Waals surface area contributed by atoms with Crippen LogP contribution in [0.25, 0.3) is 11.1 Å². The van der Waals surface area contributed by atoms with Gasteiger partial charge in [-0.05, 0) is 24.0 Å². The first kappa shape index (κ1) is 9.25. The molecule has 15 heavy (non-hydrogen) atoms. The lowest BCUT2D eigenvalue weighted by molar-refractivity contribution is 0.964. The summed E-state index contributed by atoms with van der Waals surface area (Å²) in [6.07, 6.45) is 2.16. The van der Waals surface area contributed by atoms with E-state index in [9.17, 15) is 0 Å². The van der Waals surface area contributed by atoms with E-state index in [-0.39, 0.29) is 0 Å². The lowest BCUT2D eigenvalue weighted by atomic mass is 9.90. The fraction of sp³-hybridized carbons (Fsp3) is 0.167. The van der Waals surface area contributed by atoms with Gasteiger partial charge in [0.1, 0.15) is 4.34 Å². The summed E-state index contributed by atoms with van der Waals surface area (Å²) in [6, 6.07) is 8.43. The zero-order valence-corrected chi connectivity index (χ0v) is 9.66. The molecule has 0 saturated heterocycles. The van der Waals surface area contributed by atoms with Crippen molar-refractivity contribution in [1.82, 2.24) is 0 Å². The summed E-state index contributed by atoms with van der Waals surface area (Å²) >= 11 is 7.70. The van der Waals surface area contributed by atoms with Gasteiger partial charge in [0.25, 0.3) is 0 Å². The topological polar surface area (TPSA) is 26.0 Å². The molecule has 0 atom stereocenters. The minimum atomic E-state index is 0.733. The average molecular weight is 236 g/mol. The van der Waals surface area contributed by atoms with Crippen molar-refractivity contribution in [2.75, 3.05) is 5.73 Å². The highest BCUT2D eigenvalue weighted by atomic mass is 35.5. The Bertz CT molecular complexity index is 530. The third kappa shape index (κ3) is 1.29. The summed E-state index contributed by atoms with van der Waals surface area (Å²) in [5, 5.41) is 0. The molecule has 2 aromatic rings. The van der Waals surface area contributed by atoms with Crippen LogP contribution in [-0.4, -0.2) is 0 Å². The molecule has 0 radical (unpaired) electrons. The molecular weight excluding hydrogens is 226 g/mol. The van der Waals surface area contributed by atoms with Crippen molar-refractivity contribution in [1.29, 1.82) is 0 Å². The maximum Gasteiger partial charge on any atom is 0.117 e. The number of nitrogen functional groups attached to an aromatic ring is 1. The first-order valence-corrected chi connectivity index (χ1v) is 6.11. The zero-order valence-electron chi connectivity index (χ0n) is 8.09. The Morgan fingerprint density at radius 2 is 2.00 bits per heavy atom. The highest BCUT2D eigenvalue weighted by Gasteiger charge is 2.22. The highest BCUT2D eigenvalue weighted by Crippen LogP contribution is 2.46. The van der Waals surface area contributed by atoms with Crippen LogP contribution in [0.1, 0.15) is 10.4 Å². The number of fused-ring (bicyclic) bond motifs is 3. The number of hydrogen-bond acceptors (Lipinski definition) is 2. The molecule has 1 aliphatic rings. The van der Waals surface area contributed by atoms with Gasteiger partial charge in [0, 0.05) is 10.4 Å². The van der Waals surface area contributed by atoms with Crippen LogP contribution in [0.4, 0.5) is 5.69 Å². The van der Waals surface area contributed by atoms with Crippen LogP contribution in [0.2, 0.25) is 4.34 Å². The molecule has 2 N–H and O–H groups in total. The molecule has 3 rings (SSSR count). The standard InChI is InChI=1S/C12H10ClNS/c13-12-11(14)10-8-4-2-1-3-7(8)5-6-9(10)15-12/h1-4H,5-6,14H2. The van der Waals surface area contributed by atoms with Gasteiger partial charge in [0.05, 0.1) is 5.69 Å². The molecule has 1 aliphatic carbocycles. The first-order chi connectivity index (χ1) is 7.27. The van der Waals surface area contributed by atoms with Crippen molar-refractivity contribution in [3.8, 4) is 11.1 Å². The van der Waals surface area contributed by atoms with E-state index in [2.05, 4.69) is 24.3 Å². The lowest BCUT2D eigenvalue weighted by Gasteiger charge is -2.16. The quantitative estimate of drug-likeness (QED) is 0.740. The SMILES string of the molecule is Nc1c(Cl)sc2c1-c1ccccc1CC2. The Morgan fingerprint density at radius 1 is 1.20 bits per heavy atom. The lowest BCUT2D eigenvalue weighted by Crippen LogP contribution is -2.02. The van der Waals surface area contributed by atoms with Gasteiger partial charge in [-0.15, -0.1) is 11.3 Å². The fourth-order valence-electron chi connectivity index (χ4n) is 2.16. The second-order valence-electron chi connectivity index (χ2n) is 3.74. The smallest absolute Gasteiger partial charge is 0.117 e. The molecule has 1 nitrogen and oxygen atoms in total.